The van der Waals surface area contributed by atoms with E-state index in [0.29, 0.717) is 0 Å². The fourth-order valence-corrected chi connectivity index (χ4v) is 2.40. The molecular formula is C17H16O3. The summed E-state index contributed by atoms with van der Waals surface area (Å²) in [7, 11) is 1.65. The van der Waals surface area contributed by atoms with E-state index in [9.17, 15) is 5.11 Å². The second-order valence-corrected chi connectivity index (χ2v) is 4.81. The molecule has 1 unspecified atom stereocenters. The first-order valence-corrected chi connectivity index (χ1v) is 6.49. The maximum atomic E-state index is 10.4. The van der Waals surface area contributed by atoms with Gasteiger partial charge in [0.1, 0.15) is 17.6 Å². The first-order valence-electron chi connectivity index (χ1n) is 6.49. The van der Waals surface area contributed by atoms with Crippen LogP contribution in [-0.4, -0.2) is 12.2 Å². The minimum absolute atomic E-state index is 0.666. The number of aliphatic hydroxyl groups excluding tert-OH is 1. The molecule has 20 heavy (non-hydrogen) atoms. The fraction of sp³-hybridized carbons (Fsp3) is 0.176. The van der Waals surface area contributed by atoms with Crippen LogP contribution >= 0.6 is 0 Å². The Kier molecular flexibility index (Phi) is 3.20. The lowest BCUT2D eigenvalue weighted by molar-refractivity contribution is 0.218. The van der Waals surface area contributed by atoms with Crippen LogP contribution in [0.25, 0.3) is 10.8 Å². The highest BCUT2D eigenvalue weighted by Gasteiger charge is 2.15. The van der Waals surface area contributed by atoms with Crippen molar-refractivity contribution in [2.45, 2.75) is 13.0 Å². The number of rotatable bonds is 3. The van der Waals surface area contributed by atoms with Crippen molar-refractivity contribution in [3.05, 3.63) is 65.6 Å². The van der Waals surface area contributed by atoms with E-state index in [4.69, 9.17) is 9.15 Å². The zero-order valence-corrected chi connectivity index (χ0v) is 11.5. The first-order chi connectivity index (χ1) is 9.69. The van der Waals surface area contributed by atoms with Gasteiger partial charge in [-0.3, -0.25) is 0 Å². The highest BCUT2D eigenvalue weighted by molar-refractivity contribution is 5.84. The van der Waals surface area contributed by atoms with Crippen molar-refractivity contribution in [3.8, 4) is 5.75 Å². The molecule has 0 bridgehead atoms. The third kappa shape index (κ3) is 2.17. The molecule has 3 heteroatoms. The van der Waals surface area contributed by atoms with Gasteiger partial charge in [0.15, 0.2) is 0 Å². The van der Waals surface area contributed by atoms with Crippen molar-refractivity contribution in [2.24, 2.45) is 0 Å². The van der Waals surface area contributed by atoms with Crippen LogP contribution < -0.4 is 4.74 Å². The molecule has 1 aromatic heterocycles. The van der Waals surface area contributed by atoms with Gasteiger partial charge in [-0.25, -0.2) is 0 Å². The van der Waals surface area contributed by atoms with E-state index in [1.165, 1.54) is 0 Å². The zero-order valence-electron chi connectivity index (χ0n) is 11.5. The highest BCUT2D eigenvalue weighted by atomic mass is 16.5. The maximum Gasteiger partial charge on any atom is 0.119 e. The van der Waals surface area contributed by atoms with E-state index in [-0.39, 0.29) is 0 Å². The minimum Gasteiger partial charge on any atom is -0.497 e. The lowest BCUT2D eigenvalue weighted by Gasteiger charge is -2.11. The number of aryl methyl sites for hydroxylation is 1. The molecule has 0 saturated carbocycles. The Morgan fingerprint density at radius 3 is 2.50 bits per heavy atom. The van der Waals surface area contributed by atoms with Gasteiger partial charge >= 0.3 is 0 Å². The molecular weight excluding hydrogens is 252 g/mol. The van der Waals surface area contributed by atoms with E-state index in [1.807, 2.05) is 43.3 Å². The van der Waals surface area contributed by atoms with Gasteiger partial charge in [-0.1, -0.05) is 18.2 Å². The zero-order chi connectivity index (χ0) is 14.1. The lowest BCUT2D eigenvalue weighted by Crippen LogP contribution is -1.99. The second-order valence-electron chi connectivity index (χ2n) is 4.81. The quantitative estimate of drug-likeness (QED) is 0.785. The molecule has 1 heterocycles. The van der Waals surface area contributed by atoms with Crippen LogP contribution in [-0.2, 0) is 0 Å². The standard InChI is InChI=1S/C17H16O3/c1-11-16(7-8-20-11)17(18)14-4-3-13-10-15(19-2)6-5-12(13)9-14/h3-10,17-18H,1-2H3. The topological polar surface area (TPSA) is 42.6 Å². The molecule has 0 amide bonds. The van der Waals surface area contributed by atoms with Gasteiger partial charge in [-0.05, 0) is 47.5 Å². The van der Waals surface area contributed by atoms with Gasteiger partial charge in [-0.15, -0.1) is 0 Å². The number of fused-ring (bicyclic) bond motifs is 1. The first kappa shape index (κ1) is 12.8. The van der Waals surface area contributed by atoms with Gasteiger partial charge in [0.2, 0.25) is 0 Å². The van der Waals surface area contributed by atoms with Crippen LogP contribution in [0.2, 0.25) is 0 Å². The van der Waals surface area contributed by atoms with E-state index < -0.39 is 6.10 Å². The predicted molar refractivity (Wildman–Crippen MR) is 78.0 cm³/mol. The number of hydrogen-bond acceptors (Lipinski definition) is 3. The third-order valence-electron chi connectivity index (χ3n) is 3.58. The Morgan fingerprint density at radius 1 is 1.05 bits per heavy atom. The second kappa shape index (κ2) is 5.02. The molecule has 0 aliphatic rings. The smallest absolute Gasteiger partial charge is 0.119 e. The molecule has 3 rings (SSSR count). The van der Waals surface area contributed by atoms with E-state index >= 15 is 0 Å². The van der Waals surface area contributed by atoms with Gasteiger partial charge in [0, 0.05) is 5.56 Å². The molecule has 0 spiro atoms. The van der Waals surface area contributed by atoms with Crippen LogP contribution in [0, 0.1) is 6.92 Å². The van der Waals surface area contributed by atoms with Crippen molar-refractivity contribution in [3.63, 3.8) is 0 Å². The summed E-state index contributed by atoms with van der Waals surface area (Å²) in [6, 6.07) is 13.6. The Labute approximate surface area is 117 Å². The summed E-state index contributed by atoms with van der Waals surface area (Å²) >= 11 is 0. The van der Waals surface area contributed by atoms with Crippen molar-refractivity contribution in [1.82, 2.24) is 0 Å². The average molecular weight is 268 g/mol. The average Bonchev–Trinajstić information content (AvgIpc) is 2.91. The Hall–Kier alpha value is -2.26. The summed E-state index contributed by atoms with van der Waals surface area (Å²) in [5.41, 5.74) is 1.66. The summed E-state index contributed by atoms with van der Waals surface area (Å²) in [4.78, 5) is 0. The molecule has 102 valence electrons. The largest absolute Gasteiger partial charge is 0.497 e. The molecule has 2 aromatic carbocycles. The van der Waals surface area contributed by atoms with Crippen LogP contribution in [0.3, 0.4) is 0 Å². The number of ether oxygens (including phenoxy) is 1. The maximum absolute atomic E-state index is 10.4. The van der Waals surface area contributed by atoms with Gasteiger partial charge in [-0.2, -0.15) is 0 Å². The summed E-state index contributed by atoms with van der Waals surface area (Å²) in [5, 5.41) is 12.6. The molecule has 0 radical (unpaired) electrons. The Morgan fingerprint density at radius 2 is 1.80 bits per heavy atom. The number of hydrogen-bond donors (Lipinski definition) is 1. The van der Waals surface area contributed by atoms with Crippen molar-refractivity contribution < 1.29 is 14.3 Å². The number of benzene rings is 2. The number of aliphatic hydroxyl groups is 1. The van der Waals surface area contributed by atoms with Crippen LogP contribution in [0.1, 0.15) is 23.0 Å². The van der Waals surface area contributed by atoms with Crippen molar-refractivity contribution in [2.75, 3.05) is 7.11 Å². The normalized spacial score (nSPS) is 12.6. The third-order valence-corrected chi connectivity index (χ3v) is 3.58. The SMILES string of the molecule is COc1ccc2cc(C(O)c3ccoc3C)ccc2c1. The molecule has 0 aliphatic heterocycles. The van der Waals surface area contributed by atoms with Crippen LogP contribution in [0.5, 0.6) is 5.75 Å². The number of methoxy groups -OCH3 is 1. The van der Waals surface area contributed by atoms with Gasteiger partial charge in [0.25, 0.3) is 0 Å². The van der Waals surface area contributed by atoms with Crippen molar-refractivity contribution in [1.29, 1.82) is 0 Å². The van der Waals surface area contributed by atoms with Gasteiger partial charge < -0.3 is 14.3 Å². The van der Waals surface area contributed by atoms with Gasteiger partial charge in [0.05, 0.1) is 13.4 Å². The Balaban J connectivity index is 2.03. The number of furan rings is 1. The van der Waals surface area contributed by atoms with Crippen molar-refractivity contribution >= 4 is 10.8 Å². The molecule has 1 N–H and O–H groups in total. The van der Waals surface area contributed by atoms with E-state index in [0.717, 1.165) is 33.4 Å². The highest BCUT2D eigenvalue weighted by Crippen LogP contribution is 2.29. The van der Waals surface area contributed by atoms with E-state index in [1.54, 1.807) is 19.4 Å². The molecule has 0 saturated heterocycles. The molecule has 3 nitrogen and oxygen atoms in total. The predicted octanol–water partition coefficient (Wildman–Crippen LogP) is 3.83. The minimum atomic E-state index is -0.666. The molecule has 3 aromatic rings. The fourth-order valence-electron chi connectivity index (χ4n) is 2.40. The van der Waals surface area contributed by atoms with Crippen LogP contribution in [0.4, 0.5) is 0 Å². The summed E-state index contributed by atoms with van der Waals surface area (Å²) in [5.74, 6) is 1.57. The lowest BCUT2D eigenvalue weighted by atomic mass is 9.99. The monoisotopic (exact) mass is 268 g/mol. The summed E-state index contributed by atoms with van der Waals surface area (Å²) < 4.78 is 10.5. The molecule has 0 fully saturated rings. The Bertz CT molecular complexity index is 743. The molecule has 1 atom stereocenters. The van der Waals surface area contributed by atoms with E-state index in [2.05, 4.69) is 0 Å². The molecule has 0 aliphatic carbocycles. The summed E-state index contributed by atoms with van der Waals surface area (Å²) in [6.07, 6.45) is 0.931. The summed E-state index contributed by atoms with van der Waals surface area (Å²) in [6.45, 7) is 1.85. The van der Waals surface area contributed by atoms with Crippen LogP contribution in [0.15, 0.2) is 53.1 Å².